The summed E-state index contributed by atoms with van der Waals surface area (Å²) in [5.74, 6) is -1.31. The SMILES string of the molecule is O=C1[C@@H]2C(c3ccc(Br)cc3)=NN(c3ccccc3)[C@@H]2C(=O)N1c1cccc(Cl)c1. The maximum Gasteiger partial charge on any atom is 0.259 e. The molecule has 5 nitrogen and oxygen atoms in total. The fourth-order valence-electron chi connectivity index (χ4n) is 3.94. The number of nitrogens with zero attached hydrogens (tertiary/aromatic N) is 3. The first kappa shape index (κ1) is 19.0. The van der Waals surface area contributed by atoms with E-state index in [1.807, 2.05) is 54.6 Å². The van der Waals surface area contributed by atoms with E-state index in [0.29, 0.717) is 16.4 Å². The summed E-state index contributed by atoms with van der Waals surface area (Å²) < 4.78 is 0.927. The molecule has 0 saturated carbocycles. The summed E-state index contributed by atoms with van der Waals surface area (Å²) in [6, 6.07) is 23.1. The lowest BCUT2D eigenvalue weighted by Crippen LogP contribution is -2.39. The molecular formula is C23H15BrClN3O2. The molecule has 2 atom stereocenters. The number of anilines is 2. The van der Waals surface area contributed by atoms with Crippen molar-refractivity contribution in [1.29, 1.82) is 0 Å². The Morgan fingerprint density at radius 1 is 0.833 bits per heavy atom. The van der Waals surface area contributed by atoms with Gasteiger partial charge in [-0.3, -0.25) is 14.6 Å². The third kappa shape index (κ3) is 3.04. The molecule has 0 aliphatic carbocycles. The number of rotatable bonds is 3. The zero-order valence-corrected chi connectivity index (χ0v) is 17.9. The number of benzene rings is 3. The van der Waals surface area contributed by atoms with E-state index in [0.717, 1.165) is 15.7 Å². The van der Waals surface area contributed by atoms with Crippen LogP contribution in [0.1, 0.15) is 5.56 Å². The lowest BCUT2D eigenvalue weighted by atomic mass is 9.93. The van der Waals surface area contributed by atoms with Crippen molar-refractivity contribution >= 4 is 56.4 Å². The molecule has 2 aliphatic heterocycles. The van der Waals surface area contributed by atoms with Crippen LogP contribution in [0, 0.1) is 5.92 Å². The number of imide groups is 1. The van der Waals surface area contributed by atoms with Crippen molar-refractivity contribution in [2.24, 2.45) is 11.0 Å². The van der Waals surface area contributed by atoms with Gasteiger partial charge < -0.3 is 0 Å². The molecule has 2 aliphatic rings. The molecule has 30 heavy (non-hydrogen) atoms. The van der Waals surface area contributed by atoms with E-state index in [-0.39, 0.29) is 11.8 Å². The Kier molecular flexibility index (Phi) is 4.68. The van der Waals surface area contributed by atoms with Gasteiger partial charge in [0, 0.05) is 9.50 Å². The molecule has 148 valence electrons. The summed E-state index contributed by atoms with van der Waals surface area (Å²) in [6.07, 6.45) is 0. The zero-order chi connectivity index (χ0) is 20.8. The Morgan fingerprint density at radius 3 is 2.23 bits per heavy atom. The van der Waals surface area contributed by atoms with Crippen molar-refractivity contribution < 1.29 is 9.59 Å². The number of para-hydroxylation sites is 1. The van der Waals surface area contributed by atoms with Crippen molar-refractivity contribution in [3.05, 3.63) is 93.9 Å². The molecular weight excluding hydrogens is 466 g/mol. The van der Waals surface area contributed by atoms with E-state index < -0.39 is 12.0 Å². The molecule has 0 spiro atoms. The molecule has 0 unspecified atom stereocenters. The average Bonchev–Trinajstić information content (AvgIpc) is 3.26. The molecule has 2 amide bonds. The minimum Gasteiger partial charge on any atom is -0.273 e. The Morgan fingerprint density at radius 2 is 1.53 bits per heavy atom. The van der Waals surface area contributed by atoms with Crippen LogP contribution in [0.4, 0.5) is 11.4 Å². The van der Waals surface area contributed by atoms with Crippen LogP contribution in [-0.4, -0.2) is 23.6 Å². The minimum absolute atomic E-state index is 0.299. The molecule has 3 aromatic carbocycles. The molecule has 2 heterocycles. The van der Waals surface area contributed by atoms with E-state index in [9.17, 15) is 9.59 Å². The zero-order valence-electron chi connectivity index (χ0n) is 15.6. The van der Waals surface area contributed by atoms with E-state index in [1.54, 1.807) is 29.3 Å². The van der Waals surface area contributed by atoms with Crippen molar-refractivity contribution in [1.82, 2.24) is 0 Å². The molecule has 0 radical (unpaired) electrons. The van der Waals surface area contributed by atoms with E-state index in [4.69, 9.17) is 16.7 Å². The van der Waals surface area contributed by atoms with E-state index in [1.165, 1.54) is 4.90 Å². The number of carbonyl (C=O) groups is 2. The second-order valence-corrected chi connectivity index (χ2v) is 8.44. The monoisotopic (exact) mass is 479 g/mol. The van der Waals surface area contributed by atoms with Crippen LogP contribution in [0.5, 0.6) is 0 Å². The molecule has 0 aromatic heterocycles. The molecule has 0 N–H and O–H groups in total. The second-order valence-electron chi connectivity index (χ2n) is 7.09. The maximum atomic E-state index is 13.5. The predicted molar refractivity (Wildman–Crippen MR) is 121 cm³/mol. The number of hydrogen-bond acceptors (Lipinski definition) is 4. The van der Waals surface area contributed by atoms with Gasteiger partial charge >= 0.3 is 0 Å². The van der Waals surface area contributed by atoms with Crippen LogP contribution in [0.15, 0.2) is 88.4 Å². The van der Waals surface area contributed by atoms with Crippen LogP contribution < -0.4 is 9.91 Å². The second kappa shape index (κ2) is 7.38. The van der Waals surface area contributed by atoms with Gasteiger partial charge in [-0.15, -0.1) is 0 Å². The lowest BCUT2D eigenvalue weighted by molar-refractivity contribution is -0.121. The largest absolute Gasteiger partial charge is 0.273 e. The number of fused-ring (bicyclic) bond motifs is 1. The van der Waals surface area contributed by atoms with Crippen molar-refractivity contribution in [3.8, 4) is 0 Å². The topological polar surface area (TPSA) is 53.0 Å². The molecule has 5 rings (SSSR count). The maximum absolute atomic E-state index is 13.5. The van der Waals surface area contributed by atoms with Crippen LogP contribution in [0.2, 0.25) is 5.02 Å². The van der Waals surface area contributed by atoms with Gasteiger partial charge in [0.25, 0.3) is 5.91 Å². The van der Waals surface area contributed by atoms with Gasteiger partial charge in [-0.1, -0.05) is 63.9 Å². The van der Waals surface area contributed by atoms with Gasteiger partial charge in [-0.05, 0) is 48.0 Å². The van der Waals surface area contributed by atoms with Crippen molar-refractivity contribution in [2.75, 3.05) is 9.91 Å². The lowest BCUT2D eigenvalue weighted by Gasteiger charge is -2.22. The van der Waals surface area contributed by atoms with Crippen molar-refractivity contribution in [3.63, 3.8) is 0 Å². The summed E-state index contributed by atoms with van der Waals surface area (Å²) >= 11 is 9.55. The van der Waals surface area contributed by atoms with Gasteiger partial charge in [0.1, 0.15) is 12.0 Å². The Labute approximate surface area is 186 Å². The van der Waals surface area contributed by atoms with Gasteiger partial charge in [0.15, 0.2) is 0 Å². The highest BCUT2D eigenvalue weighted by Crippen LogP contribution is 2.39. The summed E-state index contributed by atoms with van der Waals surface area (Å²) in [4.78, 5) is 28.2. The fourth-order valence-corrected chi connectivity index (χ4v) is 4.39. The number of halogens is 2. The first-order valence-electron chi connectivity index (χ1n) is 9.37. The number of carbonyl (C=O) groups excluding carboxylic acids is 2. The minimum atomic E-state index is -0.738. The number of hydrazone groups is 1. The normalized spacial score (nSPS) is 20.5. The third-order valence-corrected chi connectivity index (χ3v) is 6.04. The summed E-state index contributed by atoms with van der Waals surface area (Å²) in [5.41, 5.74) is 2.61. The molecule has 1 fully saturated rings. The van der Waals surface area contributed by atoms with Crippen LogP contribution in [-0.2, 0) is 9.59 Å². The Bertz CT molecular complexity index is 1180. The first-order valence-corrected chi connectivity index (χ1v) is 10.5. The average molecular weight is 481 g/mol. The standard InChI is InChI=1S/C23H15BrClN3O2/c24-15-11-9-14(10-12-15)20-19-21(28(26-20)17-6-2-1-3-7-17)23(30)27(22(19)29)18-8-4-5-16(25)13-18/h1-13,19,21H/t19-,21+/m1/s1. The Balaban J connectivity index is 1.64. The first-order chi connectivity index (χ1) is 14.5. The summed E-state index contributed by atoms with van der Waals surface area (Å²) in [6.45, 7) is 0. The van der Waals surface area contributed by atoms with Crippen molar-refractivity contribution in [2.45, 2.75) is 6.04 Å². The molecule has 1 saturated heterocycles. The van der Waals surface area contributed by atoms with Gasteiger partial charge in [0.2, 0.25) is 5.91 Å². The number of amides is 2. The predicted octanol–water partition coefficient (Wildman–Crippen LogP) is 4.89. The van der Waals surface area contributed by atoms with Gasteiger partial charge in [-0.25, -0.2) is 4.90 Å². The van der Waals surface area contributed by atoms with Gasteiger partial charge in [0.05, 0.1) is 17.1 Å². The highest BCUT2D eigenvalue weighted by atomic mass is 79.9. The fraction of sp³-hybridized carbons (Fsp3) is 0.0870. The Hall–Kier alpha value is -2.96. The van der Waals surface area contributed by atoms with Crippen LogP contribution in [0.3, 0.4) is 0 Å². The quantitative estimate of drug-likeness (QED) is 0.502. The summed E-state index contributed by atoms with van der Waals surface area (Å²) in [5, 5.41) is 6.85. The smallest absolute Gasteiger partial charge is 0.259 e. The van der Waals surface area contributed by atoms with Crippen LogP contribution >= 0.6 is 27.5 Å². The molecule has 3 aromatic rings. The van der Waals surface area contributed by atoms with E-state index >= 15 is 0 Å². The van der Waals surface area contributed by atoms with E-state index in [2.05, 4.69) is 15.9 Å². The highest BCUT2D eigenvalue weighted by Gasteiger charge is 2.57. The van der Waals surface area contributed by atoms with Crippen LogP contribution in [0.25, 0.3) is 0 Å². The summed E-state index contributed by atoms with van der Waals surface area (Å²) in [7, 11) is 0. The third-order valence-electron chi connectivity index (χ3n) is 5.28. The van der Waals surface area contributed by atoms with Gasteiger partial charge in [-0.2, -0.15) is 5.10 Å². The molecule has 0 bridgehead atoms. The number of hydrogen-bond donors (Lipinski definition) is 0. The highest BCUT2D eigenvalue weighted by molar-refractivity contribution is 9.10. The molecule has 7 heteroatoms.